The van der Waals surface area contributed by atoms with Gasteiger partial charge in [-0.1, -0.05) is 24.3 Å². The summed E-state index contributed by atoms with van der Waals surface area (Å²) in [7, 11) is 0. The van der Waals surface area contributed by atoms with E-state index in [9.17, 15) is 14.4 Å². The third kappa shape index (κ3) is 2.40. The lowest BCUT2D eigenvalue weighted by molar-refractivity contribution is -0.398. The molecule has 1 aromatic carbocycles. The molecule has 2 rings (SSSR count). The number of Topliss-reactive ketones (excluding diaryl/α,β-unsaturated/α-hetero) is 2. The average Bonchev–Trinajstić information content (AvgIpc) is 2.44. The first kappa shape index (κ1) is 14.1. The molecule has 0 radical (unpaired) electrons. The predicted octanol–water partition coefficient (Wildman–Crippen LogP) is 0.129. The number of rotatable bonds is 3. The lowest BCUT2D eigenvalue weighted by atomic mass is 9.84. The van der Waals surface area contributed by atoms with E-state index in [2.05, 4.69) is 11.1 Å². The Balaban J connectivity index is 2.30. The van der Waals surface area contributed by atoms with Crippen LogP contribution in [0.1, 0.15) is 34.6 Å². The zero-order valence-electron chi connectivity index (χ0n) is 11.5. The van der Waals surface area contributed by atoms with Crippen LogP contribution in [0, 0.1) is 0 Å². The molecule has 1 unspecified atom stereocenters. The highest BCUT2D eigenvalue weighted by molar-refractivity contribution is 6.26. The number of nitrogens with one attached hydrogen (secondary N) is 1. The molecule has 0 saturated carbocycles. The fraction of sp³-hybridized carbons (Fsp3) is 0.267. The molecule has 0 heterocycles. The van der Waals surface area contributed by atoms with Gasteiger partial charge in [-0.25, -0.2) is 0 Å². The molecule has 1 aliphatic rings. The molecule has 104 valence electrons. The number of hydrogen-bond donors (Lipinski definition) is 2. The number of fused-ring (bicyclic) bond motifs is 1. The second-order valence-corrected chi connectivity index (χ2v) is 4.93. The van der Waals surface area contributed by atoms with E-state index in [0.717, 1.165) is 0 Å². The lowest BCUT2D eigenvalue weighted by Crippen LogP contribution is -2.65. The van der Waals surface area contributed by atoms with Crippen LogP contribution in [0.5, 0.6) is 0 Å². The summed E-state index contributed by atoms with van der Waals surface area (Å²) in [5.41, 5.74) is 5.18. The summed E-state index contributed by atoms with van der Waals surface area (Å²) in [6.45, 7) is 3.34. The second kappa shape index (κ2) is 5.38. The lowest BCUT2D eigenvalue weighted by Gasteiger charge is -2.19. The highest BCUT2D eigenvalue weighted by Gasteiger charge is 2.29. The SMILES string of the molecule is CC1=C(CNC(=O)C(C)[NH3+])C(=O)c2ccccc2C1=O. The Morgan fingerprint density at radius 2 is 1.75 bits per heavy atom. The van der Waals surface area contributed by atoms with E-state index in [1.165, 1.54) is 0 Å². The van der Waals surface area contributed by atoms with Gasteiger partial charge < -0.3 is 11.1 Å². The number of hydrogen-bond acceptors (Lipinski definition) is 3. The van der Waals surface area contributed by atoms with Crippen molar-refractivity contribution in [2.24, 2.45) is 0 Å². The van der Waals surface area contributed by atoms with E-state index in [-0.39, 0.29) is 24.0 Å². The highest BCUT2D eigenvalue weighted by Crippen LogP contribution is 2.25. The minimum atomic E-state index is -0.405. The first-order chi connectivity index (χ1) is 9.43. The van der Waals surface area contributed by atoms with E-state index in [1.807, 2.05) is 0 Å². The van der Waals surface area contributed by atoms with Crippen molar-refractivity contribution >= 4 is 17.5 Å². The molecule has 0 saturated heterocycles. The van der Waals surface area contributed by atoms with Crippen LogP contribution in [0.4, 0.5) is 0 Å². The molecule has 0 aromatic heterocycles. The van der Waals surface area contributed by atoms with E-state index in [4.69, 9.17) is 0 Å². The fourth-order valence-corrected chi connectivity index (χ4v) is 2.11. The monoisotopic (exact) mass is 273 g/mol. The summed E-state index contributed by atoms with van der Waals surface area (Å²) in [4.78, 5) is 36.1. The Labute approximate surface area is 116 Å². The van der Waals surface area contributed by atoms with Crippen LogP contribution in [0.2, 0.25) is 0 Å². The molecule has 1 amide bonds. The third-order valence-electron chi connectivity index (χ3n) is 3.37. The van der Waals surface area contributed by atoms with Crippen LogP contribution in [0.25, 0.3) is 0 Å². The van der Waals surface area contributed by atoms with Crippen LogP contribution in [-0.2, 0) is 4.79 Å². The van der Waals surface area contributed by atoms with Crippen LogP contribution >= 0.6 is 0 Å². The molecular formula is C15H17N2O3+. The predicted molar refractivity (Wildman–Crippen MR) is 73.2 cm³/mol. The zero-order chi connectivity index (χ0) is 14.9. The van der Waals surface area contributed by atoms with Gasteiger partial charge in [-0.3, -0.25) is 14.4 Å². The van der Waals surface area contributed by atoms with Gasteiger partial charge in [-0.05, 0) is 13.8 Å². The number of carbonyl (C=O) groups excluding carboxylic acids is 3. The minimum absolute atomic E-state index is 0.0590. The van der Waals surface area contributed by atoms with Gasteiger partial charge in [0, 0.05) is 28.8 Å². The topological polar surface area (TPSA) is 90.9 Å². The van der Waals surface area contributed by atoms with E-state index in [0.29, 0.717) is 22.3 Å². The zero-order valence-corrected chi connectivity index (χ0v) is 11.5. The smallest absolute Gasteiger partial charge is 0.278 e. The van der Waals surface area contributed by atoms with Crippen LogP contribution in [-0.4, -0.2) is 30.1 Å². The largest absolute Gasteiger partial charge is 0.348 e. The van der Waals surface area contributed by atoms with Crippen molar-refractivity contribution in [2.45, 2.75) is 19.9 Å². The average molecular weight is 273 g/mol. The van der Waals surface area contributed by atoms with E-state index < -0.39 is 6.04 Å². The Kier molecular flexibility index (Phi) is 3.81. The van der Waals surface area contributed by atoms with Crippen LogP contribution in [0.3, 0.4) is 0 Å². The summed E-state index contributed by atoms with van der Waals surface area (Å²) in [6.07, 6.45) is 0. The van der Waals surface area contributed by atoms with Gasteiger partial charge in [-0.15, -0.1) is 0 Å². The first-order valence-corrected chi connectivity index (χ1v) is 6.42. The van der Waals surface area contributed by atoms with E-state index in [1.54, 1.807) is 38.1 Å². The number of amides is 1. The molecule has 1 atom stereocenters. The standard InChI is InChI=1S/C15H16N2O3/c1-8-12(7-17-15(20)9(2)16)14(19)11-6-4-3-5-10(11)13(8)18/h3-6,9H,7,16H2,1-2H3,(H,17,20)/p+1. The summed E-state index contributed by atoms with van der Waals surface area (Å²) in [5, 5.41) is 2.63. The quantitative estimate of drug-likeness (QED) is 0.820. The highest BCUT2D eigenvalue weighted by atomic mass is 16.2. The number of carbonyl (C=O) groups is 3. The third-order valence-corrected chi connectivity index (χ3v) is 3.37. The number of ketones is 2. The molecule has 0 aliphatic heterocycles. The normalized spacial score (nSPS) is 15.9. The van der Waals surface area contributed by atoms with Gasteiger partial charge in [0.05, 0.1) is 0 Å². The van der Waals surface area contributed by atoms with Crippen molar-refractivity contribution < 1.29 is 20.1 Å². The van der Waals surface area contributed by atoms with Gasteiger partial charge in [-0.2, -0.15) is 0 Å². The fourth-order valence-electron chi connectivity index (χ4n) is 2.11. The summed E-state index contributed by atoms with van der Waals surface area (Å²) >= 11 is 0. The Bertz CT molecular complexity index is 630. The van der Waals surface area contributed by atoms with Crippen molar-refractivity contribution in [2.75, 3.05) is 6.54 Å². The second-order valence-electron chi connectivity index (χ2n) is 4.93. The Hall–Kier alpha value is -2.27. The van der Waals surface area contributed by atoms with Crippen molar-refractivity contribution in [3.05, 3.63) is 46.5 Å². The summed E-state index contributed by atoms with van der Waals surface area (Å²) < 4.78 is 0. The van der Waals surface area contributed by atoms with Crippen molar-refractivity contribution in [1.29, 1.82) is 0 Å². The molecule has 1 aliphatic carbocycles. The molecule has 0 spiro atoms. The van der Waals surface area contributed by atoms with Gasteiger partial charge in [0.2, 0.25) is 0 Å². The van der Waals surface area contributed by atoms with Crippen molar-refractivity contribution in [1.82, 2.24) is 5.32 Å². The Morgan fingerprint density at radius 1 is 1.20 bits per heavy atom. The van der Waals surface area contributed by atoms with Gasteiger partial charge in [0.1, 0.15) is 0 Å². The van der Waals surface area contributed by atoms with Gasteiger partial charge >= 0.3 is 0 Å². The van der Waals surface area contributed by atoms with Crippen molar-refractivity contribution in [3.63, 3.8) is 0 Å². The molecular weight excluding hydrogens is 256 g/mol. The maximum Gasteiger partial charge on any atom is 0.278 e. The van der Waals surface area contributed by atoms with Gasteiger partial charge in [0.25, 0.3) is 5.91 Å². The van der Waals surface area contributed by atoms with Crippen molar-refractivity contribution in [3.8, 4) is 0 Å². The minimum Gasteiger partial charge on any atom is -0.348 e. The van der Waals surface area contributed by atoms with E-state index >= 15 is 0 Å². The first-order valence-electron chi connectivity index (χ1n) is 6.42. The summed E-state index contributed by atoms with van der Waals surface area (Å²) in [6, 6.07) is 6.32. The summed E-state index contributed by atoms with van der Waals surface area (Å²) in [5.74, 6) is -0.605. The maximum absolute atomic E-state index is 12.4. The maximum atomic E-state index is 12.4. The van der Waals surface area contributed by atoms with Crippen LogP contribution < -0.4 is 11.1 Å². The molecule has 0 bridgehead atoms. The Morgan fingerprint density at radius 3 is 2.30 bits per heavy atom. The molecule has 0 fully saturated rings. The number of benzene rings is 1. The number of allylic oxidation sites excluding steroid dienone is 1. The number of quaternary nitrogens is 1. The molecule has 5 nitrogen and oxygen atoms in total. The molecule has 5 heteroatoms. The molecule has 4 N–H and O–H groups in total. The molecule has 20 heavy (non-hydrogen) atoms. The van der Waals surface area contributed by atoms with Crippen LogP contribution in [0.15, 0.2) is 35.4 Å². The molecule has 1 aromatic rings. The van der Waals surface area contributed by atoms with Gasteiger partial charge in [0.15, 0.2) is 17.6 Å².